The van der Waals surface area contributed by atoms with Gasteiger partial charge in [0.2, 0.25) is 24.1 Å². The summed E-state index contributed by atoms with van der Waals surface area (Å²) in [6.45, 7) is -2.35. The van der Waals surface area contributed by atoms with Crippen molar-refractivity contribution in [2.24, 2.45) is 0 Å². The Kier molecular flexibility index (Phi) is 20.2. The lowest BCUT2D eigenvalue weighted by Gasteiger charge is -2.45. The zero-order valence-electron chi connectivity index (χ0n) is 45.3. The largest absolute Gasteiger partial charge is 0.507 e. The third kappa shape index (κ3) is 14.6. The van der Waals surface area contributed by atoms with Crippen LogP contribution in [0.5, 0.6) is 57.5 Å². The standard InChI is InChI=1S/C56H58O30/c1-74-34-12-23(4-8-29(34)59)5-10-41(64)77-21-39-47(70)49(72)53(86-55-52(44(67)31(61)20-79-55)85-42(65)11-6-24-13-35(75-2)45(68)36(14-24)76-3)56(84-39)82-37-18-27-32(80-51(37)25-7-9-28(58)30(60)15-25)16-26(57)17-33(27)81-54-50(73)48(71)46(69)38(83-54)22-78-43(66)19-40(62)63/h4-18,31,38-39,44,46-50,52-56,61,67,69-73H,19-22H2,1-3H3,(H5-,57,58,59,60,62,63,64,65,68)/p+1. The van der Waals surface area contributed by atoms with E-state index >= 15 is 0 Å². The Bertz CT molecular complexity index is 3300. The zero-order valence-corrected chi connectivity index (χ0v) is 45.3. The average Bonchev–Trinajstić information content (AvgIpc) is 3.56. The van der Waals surface area contributed by atoms with Crippen LogP contribution in [-0.4, -0.2) is 217 Å². The van der Waals surface area contributed by atoms with Crippen molar-refractivity contribution in [3.63, 3.8) is 0 Å². The second-order valence-corrected chi connectivity index (χ2v) is 19.3. The van der Waals surface area contributed by atoms with Gasteiger partial charge in [-0.05, 0) is 59.7 Å². The Hall–Kier alpha value is -8.79. The van der Waals surface area contributed by atoms with E-state index in [1.54, 1.807) is 0 Å². The van der Waals surface area contributed by atoms with Gasteiger partial charge in [-0.25, -0.2) is 14.0 Å². The van der Waals surface area contributed by atoms with Gasteiger partial charge in [0.15, 0.2) is 53.0 Å². The highest BCUT2D eigenvalue weighted by Gasteiger charge is 2.52. The number of benzene rings is 4. The van der Waals surface area contributed by atoms with Crippen LogP contribution in [0.25, 0.3) is 34.4 Å². The zero-order chi connectivity index (χ0) is 62.3. The van der Waals surface area contributed by atoms with Gasteiger partial charge in [0.25, 0.3) is 0 Å². The number of rotatable bonds is 21. The first-order chi connectivity index (χ1) is 41.0. The number of phenols is 5. The molecule has 30 nitrogen and oxygen atoms in total. The molecule has 0 aliphatic carbocycles. The molecule has 30 heteroatoms. The number of carbonyl (C=O) groups is 4. The molecule has 3 saturated heterocycles. The molecule has 0 radical (unpaired) electrons. The molecule has 0 saturated carbocycles. The number of ether oxygens (including phenoxy) is 12. The maximum absolute atomic E-state index is 13.5. The predicted octanol–water partition coefficient (Wildman–Crippen LogP) is 0.310. The highest BCUT2D eigenvalue weighted by Crippen LogP contribution is 2.44. The number of methoxy groups -OCH3 is 3. The van der Waals surface area contributed by atoms with Crippen molar-refractivity contribution in [1.29, 1.82) is 0 Å². The molecule has 3 fully saturated rings. The molecule has 14 atom stereocenters. The fraction of sp³-hybridized carbons (Fsp3) is 0.375. The van der Waals surface area contributed by atoms with Crippen LogP contribution in [0.1, 0.15) is 17.5 Å². The quantitative estimate of drug-likeness (QED) is 0.0117. The number of hydrogen-bond acceptors (Lipinski definition) is 28. The molecule has 0 bridgehead atoms. The maximum atomic E-state index is 13.5. The van der Waals surface area contributed by atoms with Gasteiger partial charge in [0.1, 0.15) is 91.5 Å². The number of aromatic hydroxyl groups is 5. The predicted molar refractivity (Wildman–Crippen MR) is 284 cm³/mol. The normalized spacial score (nSPS) is 26.6. The summed E-state index contributed by atoms with van der Waals surface area (Å²) in [6.07, 6.45) is -24.0. The SMILES string of the molecule is COc1cc(C=CC(=O)OCC2OC(Oc3cc4c(OC5OC(COC(=O)CC(=O)O)C(O)C(O)C5O)cc(O)cc4[o+]c3-c3ccc(O)c(O)c3)C(OC3OCC(O)C(O)C3OC(=O)C=Cc3cc(OC)c(O)c(OC)c3)C(O)C2O)ccc1O. The summed E-state index contributed by atoms with van der Waals surface area (Å²) in [5.74, 6) is -8.60. The molecule has 3 aliphatic rings. The Morgan fingerprint density at radius 1 is 0.581 bits per heavy atom. The van der Waals surface area contributed by atoms with Crippen molar-refractivity contribution in [2.75, 3.05) is 41.2 Å². The molecule has 86 heavy (non-hydrogen) atoms. The summed E-state index contributed by atoms with van der Waals surface area (Å²) in [5, 5.41) is 139. The Morgan fingerprint density at radius 2 is 1.20 bits per heavy atom. The second-order valence-electron chi connectivity index (χ2n) is 19.3. The van der Waals surface area contributed by atoms with E-state index in [-0.39, 0.29) is 56.6 Å². The van der Waals surface area contributed by atoms with E-state index in [9.17, 15) is 80.5 Å². The van der Waals surface area contributed by atoms with Crippen molar-refractivity contribution in [2.45, 2.75) is 92.4 Å². The van der Waals surface area contributed by atoms with E-state index in [4.69, 9.17) is 66.4 Å². The maximum Gasteiger partial charge on any atom is 0.402 e. The molecule has 0 spiro atoms. The first kappa shape index (κ1) is 63.2. The Balaban J connectivity index is 1.16. The summed E-state index contributed by atoms with van der Waals surface area (Å²) in [6, 6.07) is 13.3. The van der Waals surface area contributed by atoms with Crippen molar-refractivity contribution in [1.82, 2.24) is 0 Å². The summed E-state index contributed by atoms with van der Waals surface area (Å²) in [4.78, 5) is 49.7. The molecule has 1 aromatic heterocycles. The third-order valence-corrected chi connectivity index (χ3v) is 13.4. The van der Waals surface area contributed by atoms with Crippen molar-refractivity contribution in [3.8, 4) is 68.8 Å². The molecule has 4 aromatic carbocycles. The van der Waals surface area contributed by atoms with Crippen LogP contribution in [0.3, 0.4) is 0 Å². The molecule has 13 N–H and O–H groups in total. The van der Waals surface area contributed by atoms with Gasteiger partial charge in [-0.2, -0.15) is 0 Å². The molecule has 8 rings (SSSR count). The molecular weight excluding hydrogens is 1150 g/mol. The van der Waals surface area contributed by atoms with E-state index in [2.05, 4.69) is 0 Å². The van der Waals surface area contributed by atoms with E-state index < -0.39 is 165 Å². The average molecular weight is 1210 g/mol. The monoisotopic (exact) mass is 1210 g/mol. The topological polar surface area (TPSA) is 453 Å². The number of carboxylic acids is 1. The van der Waals surface area contributed by atoms with Gasteiger partial charge in [0, 0.05) is 30.4 Å². The lowest BCUT2D eigenvalue weighted by atomic mass is 9.98. The van der Waals surface area contributed by atoms with Gasteiger partial charge >= 0.3 is 35.2 Å². The Morgan fingerprint density at radius 3 is 1.87 bits per heavy atom. The van der Waals surface area contributed by atoms with Crippen LogP contribution in [0.2, 0.25) is 0 Å². The number of aliphatic hydroxyl groups is 7. The second kappa shape index (κ2) is 27.5. The number of carbonyl (C=O) groups excluding carboxylic acids is 3. The minimum Gasteiger partial charge on any atom is -0.507 e. The number of esters is 3. The summed E-state index contributed by atoms with van der Waals surface area (Å²) < 4.78 is 73.8. The van der Waals surface area contributed by atoms with Crippen LogP contribution in [0, 0.1) is 0 Å². The number of phenolic OH excluding ortho intramolecular Hbond substituents is 5. The van der Waals surface area contributed by atoms with Gasteiger partial charge < -0.3 is 123 Å². The van der Waals surface area contributed by atoms with Gasteiger partial charge in [-0.1, -0.05) is 6.07 Å². The van der Waals surface area contributed by atoms with E-state index in [0.717, 1.165) is 42.5 Å². The van der Waals surface area contributed by atoms with Crippen molar-refractivity contribution >= 4 is 47.0 Å². The fourth-order valence-corrected chi connectivity index (χ4v) is 8.94. The van der Waals surface area contributed by atoms with Crippen molar-refractivity contribution < 1.29 is 147 Å². The van der Waals surface area contributed by atoms with Gasteiger partial charge in [0.05, 0.1) is 39.6 Å². The summed E-state index contributed by atoms with van der Waals surface area (Å²) in [5.41, 5.74) is 0.286. The highest BCUT2D eigenvalue weighted by molar-refractivity contribution is 5.91. The van der Waals surface area contributed by atoms with Crippen LogP contribution in [-0.2, 0) is 52.3 Å². The van der Waals surface area contributed by atoms with Crippen LogP contribution < -0.4 is 23.7 Å². The minimum absolute atomic E-state index is 0.0230. The molecule has 0 amide bonds. The molecular formula is C56H59O30+. The highest BCUT2D eigenvalue weighted by atomic mass is 16.8. The molecule has 5 aromatic rings. The van der Waals surface area contributed by atoms with E-state index in [0.29, 0.717) is 5.56 Å². The molecule has 3 aliphatic heterocycles. The first-order valence-electron chi connectivity index (χ1n) is 25.7. The number of aliphatic hydroxyl groups excluding tert-OH is 7. The van der Waals surface area contributed by atoms with Gasteiger partial charge in [-0.15, -0.1) is 0 Å². The molecule has 462 valence electrons. The first-order valence-corrected chi connectivity index (χ1v) is 25.7. The fourth-order valence-electron chi connectivity index (χ4n) is 8.94. The number of fused-ring (bicyclic) bond motifs is 1. The van der Waals surface area contributed by atoms with Crippen LogP contribution >= 0.6 is 0 Å². The summed E-state index contributed by atoms with van der Waals surface area (Å²) >= 11 is 0. The smallest absolute Gasteiger partial charge is 0.402 e. The number of hydrogen-bond donors (Lipinski definition) is 13. The van der Waals surface area contributed by atoms with Crippen LogP contribution in [0.15, 0.2) is 83.3 Å². The number of aliphatic carboxylic acids is 1. The molecule has 4 heterocycles. The minimum atomic E-state index is -2.18. The molecule has 14 unspecified atom stereocenters. The van der Waals surface area contributed by atoms with Crippen molar-refractivity contribution in [3.05, 3.63) is 90.0 Å². The van der Waals surface area contributed by atoms with Crippen LogP contribution in [0.4, 0.5) is 0 Å². The van der Waals surface area contributed by atoms with E-state index in [1.807, 2.05) is 0 Å². The van der Waals surface area contributed by atoms with Gasteiger partial charge in [-0.3, -0.25) is 9.59 Å². The number of carboxylic acid groups (broad SMARTS) is 1. The van der Waals surface area contributed by atoms with E-state index in [1.165, 1.54) is 69.9 Å². The lowest BCUT2D eigenvalue weighted by molar-refractivity contribution is -0.345. The summed E-state index contributed by atoms with van der Waals surface area (Å²) in [7, 11) is 3.86. The Labute approximate surface area is 485 Å². The lowest BCUT2D eigenvalue weighted by Crippen LogP contribution is -2.64. The third-order valence-electron chi connectivity index (χ3n) is 13.4.